The van der Waals surface area contributed by atoms with Crippen LogP contribution in [0.2, 0.25) is 0 Å². The van der Waals surface area contributed by atoms with Gasteiger partial charge in [-0.3, -0.25) is 4.68 Å². The molecule has 0 amide bonds. The van der Waals surface area contributed by atoms with E-state index < -0.39 is 0 Å². The molecule has 1 aliphatic carbocycles. The minimum Gasteiger partial charge on any atom is -0.383 e. The van der Waals surface area contributed by atoms with Gasteiger partial charge in [-0.2, -0.15) is 5.10 Å². The zero-order chi connectivity index (χ0) is 12.2. The first-order chi connectivity index (χ1) is 8.08. The molecule has 1 fully saturated rings. The number of nitrogen functional groups attached to an aromatic ring is 1. The van der Waals surface area contributed by atoms with Crippen molar-refractivity contribution in [3.63, 3.8) is 0 Å². The number of nitrogens with two attached hydrogens (primary N) is 1. The van der Waals surface area contributed by atoms with E-state index in [4.69, 9.17) is 5.73 Å². The summed E-state index contributed by atoms with van der Waals surface area (Å²) in [6.45, 7) is 4.00. The molecule has 0 spiro atoms. The Morgan fingerprint density at radius 2 is 2.06 bits per heavy atom. The number of rotatable bonds is 2. The summed E-state index contributed by atoms with van der Waals surface area (Å²) < 4.78 is 3.96. The van der Waals surface area contributed by atoms with Crippen LogP contribution >= 0.6 is 0 Å². The van der Waals surface area contributed by atoms with Crippen molar-refractivity contribution in [2.24, 2.45) is 7.05 Å². The SMILES string of the molecule is Cc1nn(C)cc1-c1nc(C)n(C2CC2)c1N. The molecule has 5 heteroatoms. The summed E-state index contributed by atoms with van der Waals surface area (Å²) in [5.74, 6) is 1.78. The third-order valence-electron chi connectivity index (χ3n) is 3.31. The van der Waals surface area contributed by atoms with Crippen molar-refractivity contribution in [1.29, 1.82) is 0 Å². The van der Waals surface area contributed by atoms with Gasteiger partial charge in [-0.25, -0.2) is 4.98 Å². The lowest BCUT2D eigenvalue weighted by Crippen LogP contribution is -2.02. The summed E-state index contributed by atoms with van der Waals surface area (Å²) in [6, 6.07) is 0.563. The molecule has 90 valence electrons. The molecule has 0 aromatic carbocycles. The predicted octanol–water partition coefficient (Wildman–Crippen LogP) is 1.82. The van der Waals surface area contributed by atoms with Crippen molar-refractivity contribution < 1.29 is 0 Å². The highest BCUT2D eigenvalue weighted by Crippen LogP contribution is 2.40. The normalized spacial score (nSPS) is 15.5. The van der Waals surface area contributed by atoms with Crippen LogP contribution in [-0.4, -0.2) is 19.3 Å². The van der Waals surface area contributed by atoms with Crippen molar-refractivity contribution in [1.82, 2.24) is 19.3 Å². The van der Waals surface area contributed by atoms with Crippen molar-refractivity contribution in [3.05, 3.63) is 17.7 Å². The maximum atomic E-state index is 6.22. The standard InChI is InChI=1S/C12H17N5/c1-7-10(6-16(3)15-7)11-12(13)17(8(2)14-11)9-4-5-9/h6,9H,4-5,13H2,1-3H3. The summed E-state index contributed by atoms with van der Waals surface area (Å²) >= 11 is 0. The summed E-state index contributed by atoms with van der Waals surface area (Å²) in [5, 5.41) is 4.34. The highest BCUT2D eigenvalue weighted by molar-refractivity contribution is 5.72. The van der Waals surface area contributed by atoms with Gasteiger partial charge in [0.25, 0.3) is 0 Å². The fraction of sp³-hybridized carbons (Fsp3) is 0.500. The Morgan fingerprint density at radius 3 is 2.59 bits per heavy atom. The van der Waals surface area contributed by atoms with Gasteiger partial charge in [-0.1, -0.05) is 0 Å². The maximum Gasteiger partial charge on any atom is 0.132 e. The van der Waals surface area contributed by atoms with Gasteiger partial charge in [-0.15, -0.1) is 0 Å². The van der Waals surface area contributed by atoms with E-state index in [0.717, 1.165) is 28.6 Å². The molecule has 2 aromatic rings. The van der Waals surface area contributed by atoms with Crippen LogP contribution in [0.5, 0.6) is 0 Å². The number of hydrogen-bond acceptors (Lipinski definition) is 3. The minimum atomic E-state index is 0.563. The summed E-state index contributed by atoms with van der Waals surface area (Å²) in [7, 11) is 1.91. The molecule has 1 aliphatic rings. The topological polar surface area (TPSA) is 61.7 Å². The van der Waals surface area contributed by atoms with Gasteiger partial charge in [0.15, 0.2) is 0 Å². The Morgan fingerprint density at radius 1 is 1.35 bits per heavy atom. The maximum absolute atomic E-state index is 6.22. The molecule has 3 rings (SSSR count). The number of aromatic nitrogens is 4. The van der Waals surface area contributed by atoms with Gasteiger partial charge < -0.3 is 10.3 Å². The van der Waals surface area contributed by atoms with E-state index in [9.17, 15) is 0 Å². The fourth-order valence-corrected chi connectivity index (χ4v) is 2.39. The highest BCUT2D eigenvalue weighted by atomic mass is 15.3. The Labute approximate surface area is 100 Å². The second-order valence-electron chi connectivity index (χ2n) is 4.80. The number of imidazole rings is 1. The molecular weight excluding hydrogens is 214 g/mol. The van der Waals surface area contributed by atoms with E-state index in [-0.39, 0.29) is 0 Å². The first-order valence-electron chi connectivity index (χ1n) is 5.93. The van der Waals surface area contributed by atoms with Crippen LogP contribution in [0, 0.1) is 13.8 Å². The van der Waals surface area contributed by atoms with Gasteiger partial charge in [0.05, 0.1) is 5.69 Å². The van der Waals surface area contributed by atoms with Crippen LogP contribution in [0.3, 0.4) is 0 Å². The largest absolute Gasteiger partial charge is 0.383 e. The van der Waals surface area contributed by atoms with Gasteiger partial charge >= 0.3 is 0 Å². The van der Waals surface area contributed by atoms with Crippen LogP contribution in [0.25, 0.3) is 11.3 Å². The number of aryl methyl sites for hydroxylation is 3. The van der Waals surface area contributed by atoms with Gasteiger partial charge in [0.2, 0.25) is 0 Å². The molecule has 0 bridgehead atoms. The van der Waals surface area contributed by atoms with E-state index in [2.05, 4.69) is 14.6 Å². The van der Waals surface area contributed by atoms with E-state index in [1.165, 1.54) is 12.8 Å². The summed E-state index contributed by atoms with van der Waals surface area (Å²) in [4.78, 5) is 4.60. The van der Waals surface area contributed by atoms with Gasteiger partial charge in [0.1, 0.15) is 17.3 Å². The minimum absolute atomic E-state index is 0.563. The molecule has 2 N–H and O–H groups in total. The van der Waals surface area contributed by atoms with Crippen LogP contribution < -0.4 is 5.73 Å². The second-order valence-corrected chi connectivity index (χ2v) is 4.80. The number of hydrogen-bond donors (Lipinski definition) is 1. The smallest absolute Gasteiger partial charge is 0.132 e. The highest BCUT2D eigenvalue weighted by Gasteiger charge is 2.29. The zero-order valence-corrected chi connectivity index (χ0v) is 10.4. The number of nitrogens with zero attached hydrogens (tertiary/aromatic N) is 4. The van der Waals surface area contributed by atoms with E-state index in [1.807, 2.05) is 27.1 Å². The molecule has 0 radical (unpaired) electrons. The lowest BCUT2D eigenvalue weighted by molar-refractivity contribution is 0.720. The summed E-state index contributed by atoms with van der Waals surface area (Å²) in [5.41, 5.74) is 9.10. The monoisotopic (exact) mass is 231 g/mol. The lowest BCUT2D eigenvalue weighted by atomic mass is 10.2. The lowest BCUT2D eigenvalue weighted by Gasteiger charge is -2.04. The van der Waals surface area contributed by atoms with Gasteiger partial charge in [-0.05, 0) is 26.7 Å². The average molecular weight is 231 g/mol. The van der Waals surface area contributed by atoms with Crippen LogP contribution in [0.4, 0.5) is 5.82 Å². The quantitative estimate of drug-likeness (QED) is 0.857. The zero-order valence-electron chi connectivity index (χ0n) is 10.4. The number of anilines is 1. The molecule has 17 heavy (non-hydrogen) atoms. The first kappa shape index (κ1) is 10.4. The van der Waals surface area contributed by atoms with E-state index in [0.29, 0.717) is 6.04 Å². The third-order valence-corrected chi connectivity index (χ3v) is 3.31. The predicted molar refractivity (Wildman–Crippen MR) is 66.6 cm³/mol. The first-order valence-corrected chi connectivity index (χ1v) is 5.93. The van der Waals surface area contributed by atoms with Crippen LogP contribution in [0.1, 0.15) is 30.4 Å². The molecule has 0 unspecified atom stereocenters. The third kappa shape index (κ3) is 1.53. The molecule has 0 atom stereocenters. The van der Waals surface area contributed by atoms with Crippen molar-refractivity contribution in [2.75, 3.05) is 5.73 Å². The van der Waals surface area contributed by atoms with Gasteiger partial charge in [0, 0.05) is 24.8 Å². The molecule has 2 heterocycles. The molecule has 0 aliphatic heterocycles. The second kappa shape index (κ2) is 3.35. The van der Waals surface area contributed by atoms with Crippen LogP contribution in [0.15, 0.2) is 6.20 Å². The molecule has 0 saturated heterocycles. The van der Waals surface area contributed by atoms with Crippen molar-refractivity contribution in [2.45, 2.75) is 32.7 Å². The molecule has 1 saturated carbocycles. The summed E-state index contributed by atoms with van der Waals surface area (Å²) in [6.07, 6.45) is 4.41. The molecule has 2 aromatic heterocycles. The van der Waals surface area contributed by atoms with Crippen molar-refractivity contribution in [3.8, 4) is 11.3 Å². The Hall–Kier alpha value is -1.78. The van der Waals surface area contributed by atoms with E-state index >= 15 is 0 Å². The molecule has 5 nitrogen and oxygen atoms in total. The Balaban J connectivity index is 2.15. The Kier molecular flexibility index (Phi) is 2.05. The van der Waals surface area contributed by atoms with Crippen molar-refractivity contribution >= 4 is 5.82 Å². The fourth-order valence-electron chi connectivity index (χ4n) is 2.39. The Bertz CT molecular complexity index is 574. The molecular formula is C12H17N5. The average Bonchev–Trinajstić information content (AvgIpc) is 2.96. The van der Waals surface area contributed by atoms with E-state index in [1.54, 1.807) is 4.68 Å². The van der Waals surface area contributed by atoms with Crippen LogP contribution in [-0.2, 0) is 7.05 Å².